The second-order valence-corrected chi connectivity index (χ2v) is 3.87. The number of hydrogen-bond donors (Lipinski definition) is 2. The van der Waals surface area contributed by atoms with Crippen molar-refractivity contribution in [3.8, 4) is 0 Å². The predicted octanol–water partition coefficient (Wildman–Crippen LogP) is 1.21. The van der Waals surface area contributed by atoms with Crippen LogP contribution >= 0.6 is 0 Å². The smallest absolute Gasteiger partial charge is 0.248 e. The van der Waals surface area contributed by atoms with Gasteiger partial charge in [0.05, 0.1) is 0 Å². The van der Waals surface area contributed by atoms with Crippen LogP contribution in [0.2, 0.25) is 0 Å². The summed E-state index contributed by atoms with van der Waals surface area (Å²) in [6.45, 7) is 1.51. The first kappa shape index (κ1) is 10.5. The minimum atomic E-state index is -0.872. The molecule has 0 bridgehead atoms. The van der Waals surface area contributed by atoms with Crippen LogP contribution in [0.15, 0.2) is 0 Å². The van der Waals surface area contributed by atoms with Crippen LogP contribution in [0.3, 0.4) is 0 Å². The van der Waals surface area contributed by atoms with Crippen LogP contribution in [0.4, 0.5) is 0 Å². The molecule has 0 heterocycles. The lowest BCUT2D eigenvalue weighted by Crippen LogP contribution is -2.39. The summed E-state index contributed by atoms with van der Waals surface area (Å²) < 4.78 is 0. The van der Waals surface area contributed by atoms with Crippen molar-refractivity contribution in [3.63, 3.8) is 0 Å². The first-order chi connectivity index (χ1) is 6.20. The molecule has 0 spiro atoms. The Hall–Kier alpha value is -0.570. The molecule has 0 radical (unpaired) electrons. The summed E-state index contributed by atoms with van der Waals surface area (Å²) in [6.07, 6.45) is 6.22. The summed E-state index contributed by atoms with van der Waals surface area (Å²) >= 11 is 0. The van der Waals surface area contributed by atoms with Gasteiger partial charge in [-0.05, 0) is 19.8 Å². The summed E-state index contributed by atoms with van der Waals surface area (Å²) in [6, 6.07) is 0.296. The number of carbonyl (C=O) groups is 1. The Morgan fingerprint density at radius 1 is 1.31 bits per heavy atom. The Morgan fingerprint density at radius 3 is 2.31 bits per heavy atom. The fourth-order valence-electron chi connectivity index (χ4n) is 1.75. The molecule has 1 aliphatic rings. The fraction of sp³-hybridized carbons (Fsp3) is 0.900. The van der Waals surface area contributed by atoms with Gasteiger partial charge in [0, 0.05) is 6.04 Å². The summed E-state index contributed by atoms with van der Waals surface area (Å²) in [4.78, 5) is 11.2. The van der Waals surface area contributed by atoms with Crippen molar-refractivity contribution in [1.82, 2.24) is 5.32 Å². The molecule has 0 saturated heterocycles. The van der Waals surface area contributed by atoms with E-state index in [2.05, 4.69) is 5.32 Å². The molecule has 76 valence electrons. The molecule has 13 heavy (non-hydrogen) atoms. The van der Waals surface area contributed by atoms with Crippen molar-refractivity contribution in [1.29, 1.82) is 0 Å². The van der Waals surface area contributed by atoms with E-state index in [1.165, 1.54) is 32.6 Å². The van der Waals surface area contributed by atoms with Gasteiger partial charge in [0.1, 0.15) is 6.10 Å². The van der Waals surface area contributed by atoms with E-state index in [0.29, 0.717) is 6.04 Å². The summed E-state index contributed by atoms with van der Waals surface area (Å²) in [5.41, 5.74) is 0. The average Bonchev–Trinajstić information content (AvgIpc) is 2.32. The predicted molar refractivity (Wildman–Crippen MR) is 51.3 cm³/mol. The lowest BCUT2D eigenvalue weighted by atomic mass is 10.1. The quantitative estimate of drug-likeness (QED) is 0.635. The molecular weight excluding hydrogens is 166 g/mol. The number of aliphatic hydroxyl groups excluding tert-OH is 1. The molecule has 1 fully saturated rings. The number of carbonyl (C=O) groups excluding carboxylic acids is 1. The molecule has 2 N–H and O–H groups in total. The van der Waals surface area contributed by atoms with E-state index in [0.717, 1.165) is 12.8 Å². The zero-order valence-electron chi connectivity index (χ0n) is 8.25. The van der Waals surface area contributed by atoms with Gasteiger partial charge in [0.2, 0.25) is 5.91 Å². The minimum absolute atomic E-state index is 0.230. The lowest BCUT2D eigenvalue weighted by molar-refractivity contribution is -0.129. The largest absolute Gasteiger partial charge is 0.384 e. The molecule has 1 amide bonds. The molecule has 1 saturated carbocycles. The third-order valence-corrected chi connectivity index (χ3v) is 2.58. The maximum atomic E-state index is 11.2. The summed E-state index contributed by atoms with van der Waals surface area (Å²) in [7, 11) is 0. The molecule has 1 atom stereocenters. The molecule has 0 unspecified atom stereocenters. The highest BCUT2D eigenvalue weighted by Crippen LogP contribution is 2.17. The fourth-order valence-corrected chi connectivity index (χ4v) is 1.75. The van der Waals surface area contributed by atoms with Gasteiger partial charge in [-0.1, -0.05) is 25.7 Å². The molecule has 3 nitrogen and oxygen atoms in total. The Kier molecular flexibility index (Phi) is 4.22. The van der Waals surface area contributed by atoms with Crippen molar-refractivity contribution in [2.75, 3.05) is 0 Å². The Morgan fingerprint density at radius 2 is 1.85 bits per heavy atom. The van der Waals surface area contributed by atoms with Gasteiger partial charge in [-0.2, -0.15) is 0 Å². The second kappa shape index (κ2) is 5.22. The van der Waals surface area contributed by atoms with Crippen molar-refractivity contribution < 1.29 is 9.90 Å². The number of hydrogen-bond acceptors (Lipinski definition) is 2. The van der Waals surface area contributed by atoms with Crippen molar-refractivity contribution >= 4 is 5.91 Å². The lowest BCUT2D eigenvalue weighted by Gasteiger charge is -2.16. The maximum absolute atomic E-state index is 11.2. The van der Waals surface area contributed by atoms with E-state index < -0.39 is 6.10 Å². The highest BCUT2D eigenvalue weighted by Gasteiger charge is 2.16. The summed E-state index contributed by atoms with van der Waals surface area (Å²) in [5, 5.41) is 11.9. The molecule has 1 rings (SSSR count). The number of amides is 1. The zero-order chi connectivity index (χ0) is 9.68. The van der Waals surface area contributed by atoms with Crippen LogP contribution in [-0.2, 0) is 4.79 Å². The van der Waals surface area contributed by atoms with Gasteiger partial charge >= 0.3 is 0 Å². The van der Waals surface area contributed by atoms with Gasteiger partial charge < -0.3 is 10.4 Å². The van der Waals surface area contributed by atoms with Gasteiger partial charge in [0.15, 0.2) is 0 Å². The van der Waals surface area contributed by atoms with E-state index in [1.54, 1.807) is 0 Å². The Balaban J connectivity index is 2.29. The van der Waals surface area contributed by atoms with Gasteiger partial charge in [0.25, 0.3) is 0 Å². The second-order valence-electron chi connectivity index (χ2n) is 3.87. The van der Waals surface area contributed by atoms with Crippen LogP contribution in [0.5, 0.6) is 0 Å². The molecule has 1 aliphatic carbocycles. The van der Waals surface area contributed by atoms with E-state index >= 15 is 0 Å². The van der Waals surface area contributed by atoms with Crippen LogP contribution < -0.4 is 5.32 Å². The maximum Gasteiger partial charge on any atom is 0.248 e. The van der Waals surface area contributed by atoms with Gasteiger partial charge in [-0.15, -0.1) is 0 Å². The highest BCUT2D eigenvalue weighted by atomic mass is 16.3. The number of rotatable bonds is 2. The molecule has 0 aromatic carbocycles. The van der Waals surface area contributed by atoms with E-state index in [9.17, 15) is 4.79 Å². The van der Waals surface area contributed by atoms with Crippen LogP contribution in [0.25, 0.3) is 0 Å². The van der Waals surface area contributed by atoms with Crippen molar-refractivity contribution in [2.45, 2.75) is 57.6 Å². The average molecular weight is 185 g/mol. The highest BCUT2D eigenvalue weighted by molar-refractivity contribution is 5.80. The van der Waals surface area contributed by atoms with E-state index in [4.69, 9.17) is 5.11 Å². The minimum Gasteiger partial charge on any atom is -0.384 e. The van der Waals surface area contributed by atoms with Crippen LogP contribution in [-0.4, -0.2) is 23.2 Å². The van der Waals surface area contributed by atoms with Crippen molar-refractivity contribution in [2.24, 2.45) is 0 Å². The topological polar surface area (TPSA) is 49.3 Å². The first-order valence-corrected chi connectivity index (χ1v) is 5.18. The van der Waals surface area contributed by atoms with Gasteiger partial charge in [-0.25, -0.2) is 0 Å². The molecule has 0 aromatic rings. The SMILES string of the molecule is C[C@@H](O)C(=O)NC1CCCCCC1. The van der Waals surface area contributed by atoms with Crippen molar-refractivity contribution in [3.05, 3.63) is 0 Å². The van der Waals surface area contributed by atoms with Crippen LogP contribution in [0.1, 0.15) is 45.4 Å². The molecule has 0 aromatic heterocycles. The molecule has 0 aliphatic heterocycles. The number of aliphatic hydroxyl groups is 1. The van der Waals surface area contributed by atoms with E-state index in [1.807, 2.05) is 0 Å². The van der Waals surface area contributed by atoms with Crippen LogP contribution in [0, 0.1) is 0 Å². The zero-order valence-corrected chi connectivity index (χ0v) is 8.25. The Bertz CT molecular complexity index is 160. The first-order valence-electron chi connectivity index (χ1n) is 5.18. The van der Waals surface area contributed by atoms with Gasteiger partial charge in [-0.3, -0.25) is 4.79 Å². The summed E-state index contributed by atoms with van der Waals surface area (Å²) in [5.74, 6) is -0.230. The normalized spacial score (nSPS) is 22.0. The van der Waals surface area contributed by atoms with E-state index in [-0.39, 0.29) is 5.91 Å². The third kappa shape index (κ3) is 3.77. The Labute approximate surface area is 79.5 Å². The molecule has 3 heteroatoms. The third-order valence-electron chi connectivity index (χ3n) is 2.58. The molecular formula is C10H19NO2. The number of nitrogens with one attached hydrogen (secondary N) is 1. The standard InChI is InChI=1S/C10H19NO2/c1-8(12)10(13)11-9-6-4-2-3-5-7-9/h8-9,12H,2-7H2,1H3,(H,11,13)/t8-/m1/s1. The monoisotopic (exact) mass is 185 g/mol.